The van der Waals surface area contributed by atoms with E-state index in [-0.39, 0.29) is 12.5 Å². The second-order valence-corrected chi connectivity index (χ2v) is 5.04. The number of hydrogen-bond acceptors (Lipinski definition) is 6. The van der Waals surface area contributed by atoms with Gasteiger partial charge in [-0.3, -0.25) is 4.79 Å². The molecule has 0 saturated carbocycles. The molecule has 1 heterocycles. The summed E-state index contributed by atoms with van der Waals surface area (Å²) in [7, 11) is 0. The Morgan fingerprint density at radius 3 is 3.14 bits per heavy atom. The zero-order chi connectivity index (χ0) is 15.1. The lowest BCUT2D eigenvalue weighted by atomic mass is 10.3. The minimum absolute atomic E-state index is 0.0358. The van der Waals surface area contributed by atoms with Crippen LogP contribution in [0.5, 0.6) is 5.75 Å². The molecule has 21 heavy (non-hydrogen) atoms. The zero-order valence-corrected chi connectivity index (χ0v) is 12.0. The number of nitrogens with one attached hydrogen (secondary N) is 1. The predicted molar refractivity (Wildman–Crippen MR) is 80.4 cm³/mol. The largest absolute Gasteiger partial charge is 0.479 e. The third-order valence-corrected chi connectivity index (χ3v) is 3.45. The average Bonchev–Trinajstić information content (AvgIpc) is 2.95. The summed E-state index contributed by atoms with van der Waals surface area (Å²) >= 11 is 1.41. The molecule has 0 unspecified atom stereocenters. The second-order valence-electron chi connectivity index (χ2n) is 4.09. The summed E-state index contributed by atoms with van der Waals surface area (Å²) < 4.78 is 5.18. The highest BCUT2D eigenvalue weighted by Crippen LogP contribution is 2.18. The molecule has 0 aliphatic carbocycles. The van der Waals surface area contributed by atoms with Crippen LogP contribution in [0.15, 0.2) is 29.6 Å². The van der Waals surface area contributed by atoms with Crippen molar-refractivity contribution in [2.45, 2.75) is 6.42 Å². The Labute approximate surface area is 126 Å². The summed E-state index contributed by atoms with van der Waals surface area (Å²) in [4.78, 5) is 16.3. The lowest BCUT2D eigenvalue weighted by molar-refractivity contribution is 0.102. The van der Waals surface area contributed by atoms with Gasteiger partial charge in [-0.05, 0) is 18.7 Å². The highest BCUT2D eigenvalue weighted by atomic mass is 32.1. The van der Waals surface area contributed by atoms with Gasteiger partial charge >= 0.3 is 0 Å². The first-order valence-electron chi connectivity index (χ1n) is 6.28. The van der Waals surface area contributed by atoms with Crippen molar-refractivity contribution in [3.8, 4) is 11.8 Å². The number of nitriles is 1. The van der Waals surface area contributed by atoms with Gasteiger partial charge in [-0.15, -0.1) is 11.3 Å². The number of ether oxygens (including phenoxy) is 1. The monoisotopic (exact) mass is 302 g/mol. The number of anilines is 1. The molecule has 1 aromatic carbocycles. The molecule has 2 aromatic rings. The van der Waals surface area contributed by atoms with Crippen molar-refractivity contribution in [3.63, 3.8) is 0 Å². The molecule has 7 heteroatoms. The van der Waals surface area contributed by atoms with Crippen LogP contribution in [-0.4, -0.2) is 24.0 Å². The molecule has 0 aliphatic heterocycles. The Balaban J connectivity index is 2.03. The zero-order valence-electron chi connectivity index (χ0n) is 11.2. The first kappa shape index (κ1) is 15.0. The number of amides is 1. The van der Waals surface area contributed by atoms with Crippen LogP contribution < -0.4 is 15.8 Å². The van der Waals surface area contributed by atoms with Gasteiger partial charge in [0.05, 0.1) is 5.01 Å². The third-order valence-electron chi connectivity index (χ3n) is 2.54. The smallest absolute Gasteiger partial charge is 0.275 e. The molecule has 6 nitrogen and oxygen atoms in total. The number of aromatic nitrogens is 1. The number of hydrogen-bond donors (Lipinski definition) is 2. The number of nitrogens with two attached hydrogens (primary N) is 1. The molecule has 1 amide bonds. The van der Waals surface area contributed by atoms with E-state index in [0.717, 1.165) is 5.01 Å². The molecule has 3 N–H and O–H groups in total. The van der Waals surface area contributed by atoms with Crippen LogP contribution in [-0.2, 0) is 6.42 Å². The highest BCUT2D eigenvalue weighted by Gasteiger charge is 2.11. The number of carbonyl (C=O) groups excluding carboxylic acids is 1. The number of thiazole rings is 1. The minimum Gasteiger partial charge on any atom is -0.479 e. The van der Waals surface area contributed by atoms with Crippen molar-refractivity contribution < 1.29 is 9.53 Å². The molecule has 0 bridgehead atoms. The topological polar surface area (TPSA) is 101 Å². The maximum absolute atomic E-state index is 12.1. The first-order valence-corrected chi connectivity index (χ1v) is 7.16. The molecular formula is C14H14N4O2S. The van der Waals surface area contributed by atoms with E-state index in [4.69, 9.17) is 15.7 Å². The summed E-state index contributed by atoms with van der Waals surface area (Å²) in [5, 5.41) is 13.8. The summed E-state index contributed by atoms with van der Waals surface area (Å²) in [5.74, 6) is 0.239. The van der Waals surface area contributed by atoms with E-state index in [0.29, 0.717) is 30.1 Å². The molecule has 0 fully saturated rings. The van der Waals surface area contributed by atoms with Crippen LogP contribution in [0.25, 0.3) is 0 Å². The minimum atomic E-state index is -0.285. The maximum atomic E-state index is 12.1. The van der Waals surface area contributed by atoms with E-state index in [1.165, 1.54) is 11.3 Å². The highest BCUT2D eigenvalue weighted by molar-refractivity contribution is 7.09. The molecule has 1 aromatic heterocycles. The van der Waals surface area contributed by atoms with Crippen LogP contribution in [0, 0.1) is 11.3 Å². The Morgan fingerprint density at radius 1 is 1.52 bits per heavy atom. The van der Waals surface area contributed by atoms with Crippen LogP contribution in [0.2, 0.25) is 0 Å². The molecule has 0 saturated heterocycles. The van der Waals surface area contributed by atoms with Gasteiger partial charge in [-0.25, -0.2) is 4.98 Å². The van der Waals surface area contributed by atoms with E-state index in [1.54, 1.807) is 29.6 Å². The Hall–Kier alpha value is -2.43. The number of benzene rings is 1. The van der Waals surface area contributed by atoms with Crippen molar-refractivity contribution in [1.29, 1.82) is 5.26 Å². The SMILES string of the molecule is N#CCOc1cccc(NC(=O)c2csc(CCN)n2)c1. The molecule has 0 aliphatic rings. The van der Waals surface area contributed by atoms with E-state index < -0.39 is 0 Å². The molecule has 0 radical (unpaired) electrons. The molecule has 0 spiro atoms. The van der Waals surface area contributed by atoms with Gasteiger partial charge in [0.2, 0.25) is 0 Å². The quantitative estimate of drug-likeness (QED) is 0.847. The lowest BCUT2D eigenvalue weighted by Gasteiger charge is -2.06. The standard InChI is InChI=1S/C14H14N4O2S/c15-5-4-13-18-12(9-21-13)14(19)17-10-2-1-3-11(8-10)20-7-6-16/h1-3,8-9H,4-5,7,15H2,(H,17,19). The molecule has 2 rings (SSSR count). The van der Waals surface area contributed by atoms with E-state index in [2.05, 4.69) is 10.3 Å². The average molecular weight is 302 g/mol. The lowest BCUT2D eigenvalue weighted by Crippen LogP contribution is -2.12. The van der Waals surface area contributed by atoms with Crippen LogP contribution >= 0.6 is 11.3 Å². The summed E-state index contributed by atoms with van der Waals surface area (Å²) in [6.07, 6.45) is 0.662. The summed E-state index contributed by atoms with van der Waals surface area (Å²) in [6, 6.07) is 8.74. The van der Waals surface area contributed by atoms with Gasteiger partial charge in [0.1, 0.15) is 17.5 Å². The van der Waals surface area contributed by atoms with Gasteiger partial charge in [-0.1, -0.05) is 6.07 Å². The van der Waals surface area contributed by atoms with E-state index in [1.807, 2.05) is 6.07 Å². The van der Waals surface area contributed by atoms with Crippen molar-refractivity contribution >= 4 is 22.9 Å². The number of rotatable bonds is 6. The van der Waals surface area contributed by atoms with Gasteiger partial charge in [0, 0.05) is 23.6 Å². The maximum Gasteiger partial charge on any atom is 0.275 e. The summed E-state index contributed by atoms with van der Waals surface area (Å²) in [6.45, 7) is 0.471. The first-order chi connectivity index (χ1) is 10.2. The van der Waals surface area contributed by atoms with Gasteiger partial charge in [-0.2, -0.15) is 5.26 Å². The fourth-order valence-corrected chi connectivity index (χ4v) is 2.42. The van der Waals surface area contributed by atoms with E-state index in [9.17, 15) is 4.79 Å². The van der Waals surface area contributed by atoms with Crippen molar-refractivity contribution in [2.24, 2.45) is 5.73 Å². The van der Waals surface area contributed by atoms with Crippen LogP contribution in [0.1, 0.15) is 15.5 Å². The van der Waals surface area contributed by atoms with Crippen molar-refractivity contribution in [1.82, 2.24) is 4.98 Å². The predicted octanol–water partition coefficient (Wildman–Crippen LogP) is 1.80. The van der Waals surface area contributed by atoms with Gasteiger partial charge in [0.15, 0.2) is 6.61 Å². The molecule has 108 valence electrons. The third kappa shape index (κ3) is 4.27. The van der Waals surface area contributed by atoms with E-state index >= 15 is 0 Å². The molecule has 0 atom stereocenters. The summed E-state index contributed by atoms with van der Waals surface area (Å²) in [5.41, 5.74) is 6.41. The number of nitrogens with zero attached hydrogens (tertiary/aromatic N) is 2. The fourth-order valence-electron chi connectivity index (χ4n) is 1.63. The van der Waals surface area contributed by atoms with Gasteiger partial charge in [0.25, 0.3) is 5.91 Å². The molecular weight excluding hydrogens is 288 g/mol. The van der Waals surface area contributed by atoms with Crippen molar-refractivity contribution in [2.75, 3.05) is 18.5 Å². The number of carbonyl (C=O) groups is 1. The van der Waals surface area contributed by atoms with Crippen LogP contribution in [0.3, 0.4) is 0 Å². The normalized spacial score (nSPS) is 9.90. The second kappa shape index (κ2) is 7.38. The fraction of sp³-hybridized carbons (Fsp3) is 0.214. The Morgan fingerprint density at radius 2 is 2.38 bits per heavy atom. The van der Waals surface area contributed by atoms with Crippen LogP contribution in [0.4, 0.5) is 5.69 Å². The van der Waals surface area contributed by atoms with Crippen molar-refractivity contribution in [3.05, 3.63) is 40.3 Å². The van der Waals surface area contributed by atoms with Gasteiger partial charge < -0.3 is 15.8 Å². The Kier molecular flexibility index (Phi) is 5.26. The Bertz CT molecular complexity index is 663.